The molecule has 1 aliphatic heterocycles. The van der Waals surface area contributed by atoms with Crippen LogP contribution in [0.15, 0.2) is 0 Å². The Hall–Kier alpha value is -0.0800. The molecule has 1 saturated carbocycles. The van der Waals surface area contributed by atoms with E-state index in [1.165, 1.54) is 12.8 Å². The SMILES string of the molecule is [O]CC1CCCC2OC12. The summed E-state index contributed by atoms with van der Waals surface area (Å²) in [5, 5.41) is 10.4. The van der Waals surface area contributed by atoms with Crippen molar-refractivity contribution in [2.24, 2.45) is 5.92 Å². The lowest BCUT2D eigenvalue weighted by atomic mass is 9.90. The third kappa shape index (κ3) is 0.864. The largest absolute Gasteiger partial charge is 0.369 e. The van der Waals surface area contributed by atoms with Gasteiger partial charge in [-0.05, 0) is 12.8 Å². The van der Waals surface area contributed by atoms with Gasteiger partial charge in [-0.25, -0.2) is 5.11 Å². The predicted octanol–water partition coefficient (Wildman–Crippen LogP) is 0.984. The lowest BCUT2D eigenvalue weighted by Gasteiger charge is -2.13. The Balaban J connectivity index is 1.93. The van der Waals surface area contributed by atoms with Crippen molar-refractivity contribution in [2.75, 3.05) is 6.61 Å². The number of ether oxygens (including phenoxy) is 1. The van der Waals surface area contributed by atoms with Crippen LogP contribution in [0.2, 0.25) is 0 Å². The van der Waals surface area contributed by atoms with Gasteiger partial charge in [-0.2, -0.15) is 0 Å². The second-order valence-corrected chi connectivity index (χ2v) is 3.00. The topological polar surface area (TPSA) is 32.4 Å². The standard InChI is InChI=1S/C7H11O2/c8-4-5-2-1-3-6-7(5)9-6/h5-7H,1-4H2. The molecule has 0 aromatic heterocycles. The first kappa shape index (κ1) is 5.69. The molecule has 2 heteroatoms. The van der Waals surface area contributed by atoms with Crippen molar-refractivity contribution < 1.29 is 9.84 Å². The normalized spacial score (nSPS) is 48.3. The number of epoxide rings is 1. The van der Waals surface area contributed by atoms with Gasteiger partial charge in [-0.15, -0.1) is 0 Å². The van der Waals surface area contributed by atoms with Crippen LogP contribution in [0.5, 0.6) is 0 Å². The van der Waals surface area contributed by atoms with E-state index in [0.29, 0.717) is 18.1 Å². The third-order valence-corrected chi connectivity index (χ3v) is 2.36. The molecule has 0 aromatic carbocycles. The molecule has 1 radical (unpaired) electrons. The summed E-state index contributed by atoms with van der Waals surface area (Å²) in [6, 6.07) is 0. The molecule has 0 bridgehead atoms. The van der Waals surface area contributed by atoms with E-state index >= 15 is 0 Å². The van der Waals surface area contributed by atoms with E-state index in [1.54, 1.807) is 0 Å². The maximum absolute atomic E-state index is 10.4. The molecule has 3 atom stereocenters. The first-order chi connectivity index (χ1) is 4.42. The van der Waals surface area contributed by atoms with E-state index in [9.17, 15) is 5.11 Å². The van der Waals surface area contributed by atoms with Crippen LogP contribution in [0.3, 0.4) is 0 Å². The summed E-state index contributed by atoms with van der Waals surface area (Å²) in [5.74, 6) is 0.351. The summed E-state index contributed by atoms with van der Waals surface area (Å²) >= 11 is 0. The monoisotopic (exact) mass is 127 g/mol. The van der Waals surface area contributed by atoms with Gasteiger partial charge in [0.15, 0.2) is 0 Å². The maximum atomic E-state index is 10.4. The number of fused-ring (bicyclic) bond motifs is 1. The van der Waals surface area contributed by atoms with E-state index in [4.69, 9.17) is 4.74 Å². The third-order valence-electron chi connectivity index (χ3n) is 2.36. The van der Waals surface area contributed by atoms with Crippen LogP contribution in [0.1, 0.15) is 19.3 Å². The van der Waals surface area contributed by atoms with Crippen molar-refractivity contribution >= 4 is 0 Å². The highest BCUT2D eigenvalue weighted by atomic mass is 16.6. The molecule has 0 amide bonds. The van der Waals surface area contributed by atoms with Crippen LogP contribution in [-0.4, -0.2) is 18.8 Å². The first-order valence-electron chi connectivity index (χ1n) is 3.65. The number of rotatable bonds is 1. The van der Waals surface area contributed by atoms with Crippen molar-refractivity contribution in [2.45, 2.75) is 31.5 Å². The lowest BCUT2D eigenvalue weighted by molar-refractivity contribution is 0.119. The molecule has 9 heavy (non-hydrogen) atoms. The fraction of sp³-hybridized carbons (Fsp3) is 1.00. The summed E-state index contributed by atoms with van der Waals surface area (Å²) in [7, 11) is 0. The van der Waals surface area contributed by atoms with Crippen LogP contribution in [0, 0.1) is 5.92 Å². The second-order valence-electron chi connectivity index (χ2n) is 3.00. The molecule has 1 saturated heterocycles. The summed E-state index contributed by atoms with van der Waals surface area (Å²) in [6.45, 7) is 0.0706. The molecule has 1 aliphatic carbocycles. The summed E-state index contributed by atoms with van der Waals surface area (Å²) in [6.07, 6.45) is 4.36. The van der Waals surface area contributed by atoms with Crippen molar-refractivity contribution in [3.05, 3.63) is 0 Å². The average Bonchev–Trinajstić information content (AvgIpc) is 2.64. The average molecular weight is 127 g/mol. The second kappa shape index (κ2) is 1.96. The summed E-state index contributed by atoms with van der Waals surface area (Å²) in [4.78, 5) is 0. The molecule has 1 heterocycles. The van der Waals surface area contributed by atoms with Crippen molar-refractivity contribution in [1.82, 2.24) is 0 Å². The molecule has 51 valence electrons. The Kier molecular flexibility index (Phi) is 1.24. The van der Waals surface area contributed by atoms with E-state index < -0.39 is 0 Å². The van der Waals surface area contributed by atoms with Crippen LogP contribution in [-0.2, 0) is 9.84 Å². The highest BCUT2D eigenvalue weighted by Crippen LogP contribution is 2.40. The minimum atomic E-state index is 0.0706. The first-order valence-corrected chi connectivity index (χ1v) is 3.65. The molecule has 2 aliphatic rings. The van der Waals surface area contributed by atoms with Crippen molar-refractivity contribution in [1.29, 1.82) is 0 Å². The zero-order valence-electron chi connectivity index (χ0n) is 5.38. The molecular formula is C7H11O2. The Morgan fingerprint density at radius 2 is 2.33 bits per heavy atom. The zero-order valence-corrected chi connectivity index (χ0v) is 5.38. The van der Waals surface area contributed by atoms with Crippen LogP contribution in [0.4, 0.5) is 0 Å². The summed E-state index contributed by atoms with van der Waals surface area (Å²) in [5.41, 5.74) is 0. The Morgan fingerprint density at radius 1 is 1.44 bits per heavy atom. The van der Waals surface area contributed by atoms with Gasteiger partial charge in [0, 0.05) is 5.92 Å². The number of hydrogen-bond acceptors (Lipinski definition) is 1. The molecule has 3 unspecified atom stereocenters. The molecule has 0 N–H and O–H groups in total. The Labute approximate surface area is 54.8 Å². The quantitative estimate of drug-likeness (QED) is 0.483. The van der Waals surface area contributed by atoms with Crippen LogP contribution >= 0.6 is 0 Å². The van der Waals surface area contributed by atoms with Gasteiger partial charge < -0.3 is 4.74 Å². The molecule has 2 nitrogen and oxygen atoms in total. The van der Waals surface area contributed by atoms with Gasteiger partial charge in [-0.1, -0.05) is 6.42 Å². The maximum Gasteiger partial charge on any atom is 0.0893 e. The minimum absolute atomic E-state index is 0.0706. The van der Waals surface area contributed by atoms with E-state index in [1.807, 2.05) is 0 Å². The molecule has 2 rings (SSSR count). The van der Waals surface area contributed by atoms with E-state index in [2.05, 4.69) is 0 Å². The number of hydrogen-bond donors (Lipinski definition) is 0. The fourth-order valence-electron chi connectivity index (χ4n) is 1.73. The van der Waals surface area contributed by atoms with E-state index in [-0.39, 0.29) is 6.61 Å². The molecule has 0 spiro atoms. The molecule has 0 aromatic rings. The smallest absolute Gasteiger partial charge is 0.0893 e. The van der Waals surface area contributed by atoms with E-state index in [0.717, 1.165) is 6.42 Å². The highest BCUT2D eigenvalue weighted by Gasteiger charge is 2.46. The predicted molar refractivity (Wildman–Crippen MR) is 31.6 cm³/mol. The minimum Gasteiger partial charge on any atom is -0.369 e. The van der Waals surface area contributed by atoms with Crippen molar-refractivity contribution in [3.63, 3.8) is 0 Å². The Morgan fingerprint density at radius 3 is 3.00 bits per heavy atom. The van der Waals surface area contributed by atoms with Gasteiger partial charge >= 0.3 is 0 Å². The van der Waals surface area contributed by atoms with Crippen LogP contribution < -0.4 is 0 Å². The highest BCUT2D eigenvalue weighted by molar-refractivity contribution is 4.93. The van der Waals surface area contributed by atoms with Crippen molar-refractivity contribution in [3.8, 4) is 0 Å². The summed E-state index contributed by atoms with van der Waals surface area (Å²) < 4.78 is 5.28. The zero-order chi connectivity index (χ0) is 6.27. The van der Waals surface area contributed by atoms with Gasteiger partial charge in [0.05, 0.1) is 18.8 Å². The molecular weight excluding hydrogens is 116 g/mol. The van der Waals surface area contributed by atoms with Crippen LogP contribution in [0.25, 0.3) is 0 Å². The lowest BCUT2D eigenvalue weighted by Crippen LogP contribution is -2.18. The molecule has 2 fully saturated rings. The fourth-order valence-corrected chi connectivity index (χ4v) is 1.73. The Bertz CT molecular complexity index is 113. The van der Waals surface area contributed by atoms with Gasteiger partial charge in [0.2, 0.25) is 0 Å². The van der Waals surface area contributed by atoms with Gasteiger partial charge in [0.25, 0.3) is 0 Å². The van der Waals surface area contributed by atoms with Gasteiger partial charge in [0.1, 0.15) is 0 Å². The van der Waals surface area contributed by atoms with Gasteiger partial charge in [-0.3, -0.25) is 0 Å².